The maximum absolute atomic E-state index is 6.22. The SMILES string of the molecule is C[C@H](N)c1ccc(Sc2cccs2)c(Cl)c1. The Kier molecular flexibility index (Phi) is 3.92. The second-order valence-electron chi connectivity index (χ2n) is 3.51. The number of hydrogen-bond acceptors (Lipinski definition) is 3. The molecule has 0 unspecified atom stereocenters. The number of rotatable bonds is 3. The Morgan fingerprint density at radius 3 is 2.75 bits per heavy atom. The highest BCUT2D eigenvalue weighted by molar-refractivity contribution is 8.01. The first-order valence-electron chi connectivity index (χ1n) is 4.93. The molecule has 16 heavy (non-hydrogen) atoms. The maximum Gasteiger partial charge on any atom is 0.0646 e. The lowest BCUT2D eigenvalue weighted by Gasteiger charge is -2.08. The van der Waals surface area contributed by atoms with Crippen LogP contribution in [0.25, 0.3) is 0 Å². The average Bonchev–Trinajstić information content (AvgIpc) is 2.73. The summed E-state index contributed by atoms with van der Waals surface area (Å²) in [5, 5.41) is 2.83. The third kappa shape index (κ3) is 2.80. The van der Waals surface area contributed by atoms with Crippen LogP contribution in [-0.2, 0) is 0 Å². The molecule has 84 valence electrons. The third-order valence-corrected chi connectivity index (χ3v) is 4.73. The summed E-state index contributed by atoms with van der Waals surface area (Å²) in [5.74, 6) is 0. The van der Waals surface area contributed by atoms with Crippen molar-refractivity contribution in [1.29, 1.82) is 0 Å². The van der Waals surface area contributed by atoms with E-state index in [4.69, 9.17) is 17.3 Å². The molecule has 1 atom stereocenters. The van der Waals surface area contributed by atoms with Gasteiger partial charge in [0.15, 0.2) is 0 Å². The fraction of sp³-hybridized carbons (Fsp3) is 0.167. The molecule has 1 aromatic heterocycles. The van der Waals surface area contributed by atoms with Crippen LogP contribution in [0.15, 0.2) is 44.8 Å². The Morgan fingerprint density at radius 1 is 1.38 bits per heavy atom. The standard InChI is InChI=1S/C12H12ClNS2/c1-8(14)9-4-5-11(10(13)7-9)16-12-3-2-6-15-12/h2-8H,14H2,1H3/t8-/m0/s1. The average molecular weight is 270 g/mol. The van der Waals surface area contributed by atoms with E-state index in [1.54, 1.807) is 23.1 Å². The van der Waals surface area contributed by atoms with Gasteiger partial charge in [-0.25, -0.2) is 0 Å². The normalized spacial score (nSPS) is 12.7. The number of thiophene rings is 1. The Bertz CT molecular complexity index is 466. The molecular weight excluding hydrogens is 258 g/mol. The van der Waals surface area contributed by atoms with Gasteiger partial charge in [0.2, 0.25) is 0 Å². The first-order valence-corrected chi connectivity index (χ1v) is 7.00. The second kappa shape index (κ2) is 5.23. The van der Waals surface area contributed by atoms with Crippen molar-refractivity contribution in [3.63, 3.8) is 0 Å². The quantitative estimate of drug-likeness (QED) is 0.883. The van der Waals surface area contributed by atoms with Crippen LogP contribution >= 0.6 is 34.7 Å². The van der Waals surface area contributed by atoms with Crippen LogP contribution in [0.3, 0.4) is 0 Å². The molecule has 1 nitrogen and oxygen atoms in total. The van der Waals surface area contributed by atoms with Gasteiger partial charge in [0.25, 0.3) is 0 Å². The van der Waals surface area contributed by atoms with Crippen LogP contribution in [0.4, 0.5) is 0 Å². The first kappa shape index (κ1) is 12.0. The lowest BCUT2D eigenvalue weighted by Crippen LogP contribution is -2.04. The molecule has 0 saturated heterocycles. The van der Waals surface area contributed by atoms with Gasteiger partial charge in [0, 0.05) is 10.9 Å². The molecule has 0 aliphatic heterocycles. The molecule has 1 aromatic carbocycles. The van der Waals surface area contributed by atoms with Crippen molar-refractivity contribution in [2.45, 2.75) is 22.1 Å². The predicted octanol–water partition coefficient (Wildman–Crippen LogP) is 4.57. The van der Waals surface area contributed by atoms with Crippen molar-refractivity contribution in [3.8, 4) is 0 Å². The topological polar surface area (TPSA) is 26.0 Å². The summed E-state index contributed by atoms with van der Waals surface area (Å²) in [6.45, 7) is 1.96. The van der Waals surface area contributed by atoms with Gasteiger partial charge in [-0.2, -0.15) is 0 Å². The number of hydrogen-bond donors (Lipinski definition) is 1. The highest BCUT2D eigenvalue weighted by Crippen LogP contribution is 2.36. The number of benzene rings is 1. The Labute approximate surface area is 109 Å². The molecular formula is C12H12ClNS2. The number of nitrogens with two attached hydrogens (primary N) is 1. The molecule has 0 radical (unpaired) electrons. The van der Waals surface area contributed by atoms with E-state index < -0.39 is 0 Å². The van der Waals surface area contributed by atoms with Crippen LogP contribution in [0, 0.1) is 0 Å². The fourth-order valence-corrected chi connectivity index (χ4v) is 3.35. The van der Waals surface area contributed by atoms with E-state index in [2.05, 4.69) is 11.4 Å². The van der Waals surface area contributed by atoms with Gasteiger partial charge in [-0.1, -0.05) is 35.5 Å². The molecule has 0 saturated carbocycles. The molecule has 0 fully saturated rings. The second-order valence-corrected chi connectivity index (χ2v) is 6.21. The monoisotopic (exact) mass is 269 g/mol. The van der Waals surface area contributed by atoms with Crippen molar-refractivity contribution < 1.29 is 0 Å². The highest BCUT2D eigenvalue weighted by Gasteiger charge is 2.06. The van der Waals surface area contributed by atoms with Gasteiger partial charge in [-0.05, 0) is 36.1 Å². The maximum atomic E-state index is 6.22. The van der Waals surface area contributed by atoms with Gasteiger partial charge < -0.3 is 5.73 Å². The van der Waals surface area contributed by atoms with Crippen molar-refractivity contribution in [2.75, 3.05) is 0 Å². The van der Waals surface area contributed by atoms with Crippen molar-refractivity contribution >= 4 is 34.7 Å². The van der Waals surface area contributed by atoms with E-state index >= 15 is 0 Å². The van der Waals surface area contributed by atoms with Gasteiger partial charge >= 0.3 is 0 Å². The van der Waals surface area contributed by atoms with Gasteiger partial charge in [0.05, 0.1) is 9.23 Å². The van der Waals surface area contributed by atoms with Crippen LogP contribution in [-0.4, -0.2) is 0 Å². The van der Waals surface area contributed by atoms with E-state index in [9.17, 15) is 0 Å². The van der Waals surface area contributed by atoms with E-state index in [-0.39, 0.29) is 6.04 Å². The molecule has 0 spiro atoms. The largest absolute Gasteiger partial charge is 0.324 e. The molecule has 1 heterocycles. The van der Waals surface area contributed by atoms with Crippen LogP contribution in [0.2, 0.25) is 5.02 Å². The van der Waals surface area contributed by atoms with E-state index in [1.165, 1.54) is 4.21 Å². The predicted molar refractivity (Wildman–Crippen MR) is 72.5 cm³/mol. The minimum absolute atomic E-state index is 0.0262. The Hall–Kier alpha value is -0.480. The van der Waals surface area contributed by atoms with Crippen LogP contribution in [0.1, 0.15) is 18.5 Å². The summed E-state index contributed by atoms with van der Waals surface area (Å²) in [7, 11) is 0. The number of halogens is 1. The summed E-state index contributed by atoms with van der Waals surface area (Å²) in [6, 6.07) is 10.2. The molecule has 0 amide bonds. The van der Waals surface area contributed by atoms with Gasteiger partial charge in [-0.15, -0.1) is 11.3 Å². The summed E-state index contributed by atoms with van der Waals surface area (Å²) in [4.78, 5) is 1.08. The van der Waals surface area contributed by atoms with Crippen molar-refractivity contribution in [2.24, 2.45) is 5.73 Å². The molecule has 2 aromatic rings. The lowest BCUT2D eigenvalue weighted by atomic mass is 10.1. The summed E-state index contributed by atoms with van der Waals surface area (Å²) in [6.07, 6.45) is 0. The Morgan fingerprint density at radius 2 is 2.19 bits per heavy atom. The summed E-state index contributed by atoms with van der Waals surface area (Å²) >= 11 is 9.62. The minimum atomic E-state index is 0.0262. The van der Waals surface area contributed by atoms with Crippen molar-refractivity contribution in [1.82, 2.24) is 0 Å². The van der Waals surface area contributed by atoms with E-state index in [1.807, 2.05) is 31.2 Å². The molecule has 0 aliphatic rings. The first-order chi connectivity index (χ1) is 7.66. The third-order valence-electron chi connectivity index (χ3n) is 2.19. The Balaban J connectivity index is 2.23. The zero-order valence-electron chi connectivity index (χ0n) is 8.81. The summed E-state index contributed by atoms with van der Waals surface area (Å²) in [5.41, 5.74) is 6.88. The summed E-state index contributed by atoms with van der Waals surface area (Å²) < 4.78 is 1.25. The molecule has 0 aliphatic carbocycles. The zero-order chi connectivity index (χ0) is 11.5. The smallest absolute Gasteiger partial charge is 0.0646 e. The van der Waals surface area contributed by atoms with E-state index in [0.717, 1.165) is 15.5 Å². The van der Waals surface area contributed by atoms with E-state index in [0.29, 0.717) is 0 Å². The highest BCUT2D eigenvalue weighted by atomic mass is 35.5. The minimum Gasteiger partial charge on any atom is -0.324 e. The van der Waals surface area contributed by atoms with Gasteiger partial charge in [-0.3, -0.25) is 0 Å². The van der Waals surface area contributed by atoms with Crippen molar-refractivity contribution in [3.05, 3.63) is 46.3 Å². The lowest BCUT2D eigenvalue weighted by molar-refractivity contribution is 0.817. The van der Waals surface area contributed by atoms with Crippen LogP contribution in [0.5, 0.6) is 0 Å². The van der Waals surface area contributed by atoms with Gasteiger partial charge in [0.1, 0.15) is 0 Å². The van der Waals surface area contributed by atoms with Crippen LogP contribution < -0.4 is 5.73 Å². The molecule has 4 heteroatoms. The molecule has 2 rings (SSSR count). The molecule has 2 N–H and O–H groups in total. The fourth-order valence-electron chi connectivity index (χ4n) is 1.31. The molecule has 0 bridgehead atoms. The zero-order valence-corrected chi connectivity index (χ0v) is 11.2.